The van der Waals surface area contributed by atoms with E-state index in [1.165, 1.54) is 12.1 Å². The Morgan fingerprint density at radius 2 is 1.85 bits per heavy atom. The molecule has 0 unspecified atom stereocenters. The molecule has 1 aliphatic heterocycles. The molecule has 0 radical (unpaired) electrons. The highest BCUT2D eigenvalue weighted by Gasteiger charge is 2.30. The lowest BCUT2D eigenvalue weighted by atomic mass is 9.95. The number of benzene rings is 3. The molecule has 1 N–H and O–H groups in total. The fraction of sp³-hybridized carbons (Fsp3) is 0.176. The van der Waals surface area contributed by atoms with Gasteiger partial charge < -0.3 is 24.1 Å². The highest BCUT2D eigenvalue weighted by molar-refractivity contribution is 6.06. The van der Waals surface area contributed by atoms with Gasteiger partial charge in [0.15, 0.2) is 11.8 Å². The molecule has 3 aromatic carbocycles. The molecular formula is C34H28F2N6O5. The van der Waals surface area contributed by atoms with Gasteiger partial charge in [0.25, 0.3) is 0 Å². The molecule has 0 spiro atoms. The van der Waals surface area contributed by atoms with E-state index in [4.69, 9.17) is 9.47 Å². The van der Waals surface area contributed by atoms with Gasteiger partial charge in [0.1, 0.15) is 18.1 Å². The van der Waals surface area contributed by atoms with Crippen molar-refractivity contribution in [3.8, 4) is 11.8 Å². The summed E-state index contributed by atoms with van der Waals surface area (Å²) in [5.41, 5.74) is 4.73. The number of nitrogens with one attached hydrogen (secondary N) is 1. The maximum atomic E-state index is 12.8. The SMILES string of the molecule is CCOc1ncc2c(n1)N(c1ccc(OC(F)F)cc1)C(=C=O)C(c1ccc3ncn(CCNC(=O)OCc4ccccc4)c3c1)=C2. The molecule has 5 aromatic rings. The molecule has 1 aliphatic rings. The van der Waals surface area contributed by atoms with Crippen molar-refractivity contribution in [3.05, 3.63) is 108 Å². The van der Waals surface area contributed by atoms with E-state index >= 15 is 0 Å². The number of hydrogen-bond acceptors (Lipinski definition) is 9. The van der Waals surface area contributed by atoms with Crippen LogP contribution in [0.15, 0.2) is 91.0 Å². The van der Waals surface area contributed by atoms with Crippen molar-refractivity contribution in [3.63, 3.8) is 0 Å². The molecular weight excluding hydrogens is 610 g/mol. The number of alkyl carbamates (subject to hydrolysis) is 1. The third-order valence-corrected chi connectivity index (χ3v) is 7.22. The van der Waals surface area contributed by atoms with Crippen LogP contribution in [0.5, 0.6) is 11.8 Å². The molecule has 13 heteroatoms. The molecule has 0 fully saturated rings. The van der Waals surface area contributed by atoms with Crippen LogP contribution in [0, 0.1) is 0 Å². The number of fused-ring (bicyclic) bond motifs is 2. The molecule has 11 nitrogen and oxygen atoms in total. The van der Waals surface area contributed by atoms with Gasteiger partial charge in [-0.05, 0) is 60.5 Å². The van der Waals surface area contributed by atoms with Gasteiger partial charge in [-0.3, -0.25) is 4.90 Å². The molecule has 238 valence electrons. The van der Waals surface area contributed by atoms with Crippen LogP contribution in [-0.2, 0) is 22.7 Å². The number of amides is 1. The Balaban J connectivity index is 1.28. The molecule has 3 heterocycles. The summed E-state index contributed by atoms with van der Waals surface area (Å²) in [7, 11) is 0. The number of halogens is 2. The number of ether oxygens (including phenoxy) is 3. The Morgan fingerprint density at radius 1 is 1.04 bits per heavy atom. The Bertz CT molecular complexity index is 1970. The van der Waals surface area contributed by atoms with E-state index < -0.39 is 12.7 Å². The van der Waals surface area contributed by atoms with E-state index in [0.717, 1.165) is 11.1 Å². The predicted octanol–water partition coefficient (Wildman–Crippen LogP) is 6.16. The molecule has 0 saturated heterocycles. The highest BCUT2D eigenvalue weighted by atomic mass is 19.3. The summed E-state index contributed by atoms with van der Waals surface area (Å²) in [4.78, 5) is 39.8. The van der Waals surface area contributed by atoms with E-state index in [0.29, 0.717) is 46.9 Å². The number of carbonyl (C=O) groups is 1. The first-order valence-corrected chi connectivity index (χ1v) is 14.7. The summed E-state index contributed by atoms with van der Waals surface area (Å²) in [5, 5.41) is 2.75. The van der Waals surface area contributed by atoms with E-state index in [1.807, 2.05) is 53.1 Å². The van der Waals surface area contributed by atoms with Crippen molar-refractivity contribution in [2.24, 2.45) is 0 Å². The van der Waals surface area contributed by atoms with Gasteiger partial charge in [-0.1, -0.05) is 36.4 Å². The average Bonchev–Trinajstić information content (AvgIpc) is 3.49. The van der Waals surface area contributed by atoms with Crippen LogP contribution >= 0.6 is 0 Å². The van der Waals surface area contributed by atoms with Gasteiger partial charge in [-0.15, -0.1) is 0 Å². The minimum absolute atomic E-state index is 0.0382. The third-order valence-electron chi connectivity index (χ3n) is 7.22. The van der Waals surface area contributed by atoms with Crippen LogP contribution in [0.3, 0.4) is 0 Å². The Labute approximate surface area is 267 Å². The molecule has 1 amide bonds. The quantitative estimate of drug-likeness (QED) is 0.170. The fourth-order valence-corrected chi connectivity index (χ4v) is 5.10. The zero-order valence-corrected chi connectivity index (χ0v) is 25.1. The van der Waals surface area contributed by atoms with E-state index in [2.05, 4.69) is 30.9 Å². The lowest BCUT2D eigenvalue weighted by Crippen LogP contribution is -2.27. The third kappa shape index (κ3) is 6.95. The van der Waals surface area contributed by atoms with E-state index in [9.17, 15) is 18.4 Å². The van der Waals surface area contributed by atoms with Crippen LogP contribution in [0.25, 0.3) is 22.7 Å². The summed E-state index contributed by atoms with van der Waals surface area (Å²) in [6.45, 7) is 0.00564. The molecule has 0 atom stereocenters. The van der Waals surface area contributed by atoms with Gasteiger partial charge in [0, 0.05) is 36.1 Å². The van der Waals surface area contributed by atoms with Crippen LogP contribution in [0.4, 0.5) is 25.1 Å². The topological polar surface area (TPSA) is 121 Å². The first-order valence-electron chi connectivity index (χ1n) is 14.7. The van der Waals surface area contributed by atoms with Crippen molar-refractivity contribution in [1.82, 2.24) is 24.8 Å². The predicted molar refractivity (Wildman–Crippen MR) is 170 cm³/mol. The zero-order chi connectivity index (χ0) is 32.8. The van der Waals surface area contributed by atoms with Crippen molar-refractivity contribution in [2.45, 2.75) is 26.7 Å². The molecule has 0 aliphatic carbocycles. The number of rotatable bonds is 11. The number of anilines is 2. The molecule has 6 rings (SSSR count). The first-order chi connectivity index (χ1) is 22.9. The maximum Gasteiger partial charge on any atom is 0.407 e. The fourth-order valence-electron chi connectivity index (χ4n) is 5.10. The molecule has 47 heavy (non-hydrogen) atoms. The number of allylic oxidation sites excluding steroid dienone is 1. The summed E-state index contributed by atoms with van der Waals surface area (Å²) >= 11 is 0. The minimum atomic E-state index is -2.98. The monoisotopic (exact) mass is 638 g/mol. The van der Waals surface area contributed by atoms with Crippen LogP contribution < -0.4 is 19.7 Å². The Kier molecular flexibility index (Phi) is 9.16. The summed E-state index contributed by atoms with van der Waals surface area (Å²) in [6.07, 6.45) is 4.50. The lowest BCUT2D eigenvalue weighted by molar-refractivity contribution is -0.0498. The lowest BCUT2D eigenvalue weighted by Gasteiger charge is -2.31. The standard InChI is InChI=1S/C34H28F2N6O5/c1-2-45-33-38-18-24-16-27(30(19-43)42(31(24)40-33)25-9-11-26(12-10-25)47-32(35)36)23-8-13-28-29(17-23)41(21-39-28)15-14-37-34(44)46-20-22-6-4-3-5-7-22/h3-13,16-18,21,32H,2,14-15,20H2,1H3,(H,37,44). The van der Waals surface area contributed by atoms with Gasteiger partial charge in [0.2, 0.25) is 0 Å². The van der Waals surface area contributed by atoms with E-state index in [1.54, 1.807) is 42.6 Å². The number of carbonyl (C=O) groups excluding carboxylic acids is 2. The highest BCUT2D eigenvalue weighted by Crippen LogP contribution is 2.43. The zero-order valence-electron chi connectivity index (χ0n) is 25.1. The summed E-state index contributed by atoms with van der Waals surface area (Å²) < 4.78 is 42.8. The van der Waals surface area contributed by atoms with E-state index in [-0.39, 0.29) is 30.6 Å². The Hall–Kier alpha value is -6.07. The van der Waals surface area contributed by atoms with Crippen molar-refractivity contribution in [2.75, 3.05) is 18.1 Å². The average molecular weight is 639 g/mol. The second-order valence-electron chi connectivity index (χ2n) is 10.2. The van der Waals surface area contributed by atoms with Crippen molar-refractivity contribution >= 4 is 46.2 Å². The number of alkyl halides is 2. The maximum absolute atomic E-state index is 12.8. The molecule has 0 bridgehead atoms. The summed E-state index contributed by atoms with van der Waals surface area (Å²) in [6, 6.07) is 20.9. The normalized spacial score (nSPS) is 12.4. The van der Waals surface area contributed by atoms with Gasteiger partial charge in [-0.2, -0.15) is 13.8 Å². The van der Waals surface area contributed by atoms with Crippen LogP contribution in [0.1, 0.15) is 23.6 Å². The van der Waals surface area contributed by atoms with Gasteiger partial charge in [-0.25, -0.2) is 19.6 Å². The first kappa shape index (κ1) is 30.9. The molecule has 0 saturated carbocycles. The minimum Gasteiger partial charge on any atom is -0.464 e. The number of nitrogens with zero attached hydrogens (tertiary/aromatic N) is 5. The molecule has 2 aromatic heterocycles. The Morgan fingerprint density at radius 3 is 2.60 bits per heavy atom. The van der Waals surface area contributed by atoms with Gasteiger partial charge >= 0.3 is 18.7 Å². The second-order valence-corrected chi connectivity index (χ2v) is 10.2. The van der Waals surface area contributed by atoms with Crippen molar-refractivity contribution < 1.29 is 32.6 Å². The van der Waals surface area contributed by atoms with Crippen LogP contribution in [-0.4, -0.2) is 51.3 Å². The second kappa shape index (κ2) is 13.9. The summed E-state index contributed by atoms with van der Waals surface area (Å²) in [5.74, 6) is 2.37. The van der Waals surface area contributed by atoms with Gasteiger partial charge in [0.05, 0.1) is 24.0 Å². The number of imidazole rings is 1. The number of hydrogen-bond donors (Lipinski definition) is 1. The smallest absolute Gasteiger partial charge is 0.407 e. The largest absolute Gasteiger partial charge is 0.464 e. The van der Waals surface area contributed by atoms with Crippen molar-refractivity contribution in [1.29, 1.82) is 0 Å². The number of aromatic nitrogens is 4. The van der Waals surface area contributed by atoms with Crippen LogP contribution in [0.2, 0.25) is 0 Å².